The third-order valence-corrected chi connectivity index (χ3v) is 3.55. The van der Waals surface area contributed by atoms with Crippen LogP contribution >= 0.6 is 11.6 Å². The Hall–Kier alpha value is -2.74. The number of aromatic nitrogens is 5. The van der Waals surface area contributed by atoms with E-state index in [1.54, 1.807) is 23.0 Å². The van der Waals surface area contributed by atoms with Crippen LogP contribution in [0.4, 0.5) is 10.3 Å². The molecule has 0 saturated heterocycles. The maximum absolute atomic E-state index is 12.9. The molecule has 0 bridgehead atoms. The molecule has 124 valence electrons. The van der Waals surface area contributed by atoms with Gasteiger partial charge in [0.2, 0.25) is 5.95 Å². The lowest BCUT2D eigenvalue weighted by Crippen LogP contribution is -2.15. The highest BCUT2D eigenvalue weighted by atomic mass is 35.5. The molecule has 7 nitrogen and oxygen atoms in total. The van der Waals surface area contributed by atoms with Crippen molar-refractivity contribution in [2.24, 2.45) is 0 Å². The number of anilines is 1. The van der Waals surface area contributed by atoms with Crippen LogP contribution in [-0.2, 0) is 13.1 Å². The van der Waals surface area contributed by atoms with Crippen molar-refractivity contribution in [3.8, 4) is 0 Å². The number of aryl methyl sites for hydroxylation is 1. The van der Waals surface area contributed by atoms with Crippen LogP contribution in [0.2, 0.25) is 5.02 Å². The van der Waals surface area contributed by atoms with Crippen molar-refractivity contribution in [3.05, 3.63) is 58.9 Å². The molecule has 1 N–H and O–H groups in total. The lowest BCUT2D eigenvalue weighted by Gasteiger charge is -2.01. The fourth-order valence-electron chi connectivity index (χ4n) is 2.08. The highest BCUT2D eigenvalue weighted by Crippen LogP contribution is 2.15. The topological polar surface area (TPSA) is 77.6 Å². The number of nitrogens with zero attached hydrogens (tertiary/aromatic N) is 5. The lowest BCUT2D eigenvalue weighted by atomic mass is 10.2. The number of carbonyl (C=O) groups is 1. The second-order valence-corrected chi connectivity index (χ2v) is 5.43. The molecular formula is C15H14ClFN6O. The van der Waals surface area contributed by atoms with Crippen molar-refractivity contribution in [1.82, 2.24) is 24.5 Å². The van der Waals surface area contributed by atoms with Crippen molar-refractivity contribution in [2.45, 2.75) is 20.0 Å². The van der Waals surface area contributed by atoms with E-state index in [0.29, 0.717) is 13.1 Å². The van der Waals surface area contributed by atoms with Gasteiger partial charge in [-0.25, -0.2) is 14.1 Å². The van der Waals surface area contributed by atoms with E-state index < -0.39 is 5.91 Å². The third kappa shape index (κ3) is 3.60. The standard InChI is InChI=1S/C15H14ClFN6O/c1-2-22-8-12(16)13(20-22)14(24)19-15-18-9-23(21-15)7-10-3-5-11(17)6-4-10/h3-6,8-9H,2,7H2,1H3,(H,19,21,24). The summed E-state index contributed by atoms with van der Waals surface area (Å²) in [6.45, 7) is 2.91. The first-order valence-corrected chi connectivity index (χ1v) is 7.61. The van der Waals surface area contributed by atoms with Crippen LogP contribution < -0.4 is 5.32 Å². The summed E-state index contributed by atoms with van der Waals surface area (Å²) in [6, 6.07) is 6.07. The quantitative estimate of drug-likeness (QED) is 0.768. The number of halogens is 2. The van der Waals surface area contributed by atoms with E-state index in [1.807, 2.05) is 6.92 Å². The number of hydrogen-bond donors (Lipinski definition) is 1. The van der Waals surface area contributed by atoms with E-state index >= 15 is 0 Å². The minimum absolute atomic E-state index is 0.119. The molecule has 2 aromatic heterocycles. The second kappa shape index (κ2) is 6.79. The van der Waals surface area contributed by atoms with Crippen molar-refractivity contribution < 1.29 is 9.18 Å². The van der Waals surface area contributed by atoms with Gasteiger partial charge < -0.3 is 0 Å². The number of carbonyl (C=O) groups excluding carboxylic acids is 1. The monoisotopic (exact) mass is 348 g/mol. The third-order valence-electron chi connectivity index (χ3n) is 3.28. The van der Waals surface area contributed by atoms with Crippen LogP contribution in [0.5, 0.6) is 0 Å². The average molecular weight is 349 g/mol. The number of hydrogen-bond acceptors (Lipinski definition) is 4. The summed E-state index contributed by atoms with van der Waals surface area (Å²) < 4.78 is 16.0. The number of nitrogens with one attached hydrogen (secondary N) is 1. The molecule has 3 aromatic rings. The van der Waals surface area contributed by atoms with Crippen LogP contribution in [0, 0.1) is 5.82 Å². The summed E-state index contributed by atoms with van der Waals surface area (Å²) in [5, 5.41) is 11.0. The summed E-state index contributed by atoms with van der Waals surface area (Å²) in [5.74, 6) is -0.635. The van der Waals surface area contributed by atoms with Crippen molar-refractivity contribution in [3.63, 3.8) is 0 Å². The van der Waals surface area contributed by atoms with Gasteiger partial charge in [0.15, 0.2) is 5.69 Å². The molecule has 3 rings (SSSR count). The van der Waals surface area contributed by atoms with E-state index in [2.05, 4.69) is 20.5 Å². The molecule has 9 heteroatoms. The lowest BCUT2D eigenvalue weighted by molar-refractivity contribution is 0.102. The summed E-state index contributed by atoms with van der Waals surface area (Å²) in [7, 11) is 0. The highest BCUT2D eigenvalue weighted by molar-refractivity contribution is 6.34. The van der Waals surface area contributed by atoms with E-state index in [9.17, 15) is 9.18 Å². The smallest absolute Gasteiger partial charge is 0.280 e. The first-order chi connectivity index (χ1) is 11.5. The minimum atomic E-state index is -0.480. The summed E-state index contributed by atoms with van der Waals surface area (Å²) >= 11 is 5.99. The van der Waals surface area contributed by atoms with Crippen LogP contribution in [0.1, 0.15) is 23.0 Å². The Kier molecular flexibility index (Phi) is 4.57. The molecule has 0 fully saturated rings. The first kappa shape index (κ1) is 16.1. The predicted octanol–water partition coefficient (Wildman–Crippen LogP) is 2.59. The van der Waals surface area contributed by atoms with Gasteiger partial charge in [-0.2, -0.15) is 5.10 Å². The predicted molar refractivity (Wildman–Crippen MR) is 86.4 cm³/mol. The van der Waals surface area contributed by atoms with Gasteiger partial charge in [0.05, 0.1) is 11.6 Å². The Bertz CT molecular complexity index is 857. The second-order valence-electron chi connectivity index (χ2n) is 5.03. The molecule has 0 atom stereocenters. The molecule has 0 radical (unpaired) electrons. The van der Waals surface area contributed by atoms with Gasteiger partial charge in [-0.05, 0) is 24.6 Å². The maximum atomic E-state index is 12.9. The SMILES string of the molecule is CCn1cc(Cl)c(C(=O)Nc2ncn(Cc3ccc(F)cc3)n2)n1. The zero-order valence-electron chi connectivity index (χ0n) is 12.8. The van der Waals surface area contributed by atoms with Crippen LogP contribution in [0.25, 0.3) is 0 Å². The van der Waals surface area contributed by atoms with E-state index in [0.717, 1.165) is 5.56 Å². The van der Waals surface area contributed by atoms with Gasteiger partial charge in [0.1, 0.15) is 12.1 Å². The van der Waals surface area contributed by atoms with E-state index in [-0.39, 0.29) is 22.5 Å². The maximum Gasteiger partial charge on any atom is 0.280 e. The Labute approximate surface area is 142 Å². The molecule has 0 aliphatic rings. The zero-order chi connectivity index (χ0) is 17.1. The Morgan fingerprint density at radius 2 is 2.00 bits per heavy atom. The fourth-order valence-corrected chi connectivity index (χ4v) is 2.31. The van der Waals surface area contributed by atoms with E-state index in [4.69, 9.17) is 11.6 Å². The van der Waals surface area contributed by atoms with Gasteiger partial charge in [-0.1, -0.05) is 23.7 Å². The molecule has 0 saturated carbocycles. The average Bonchev–Trinajstić information content (AvgIpc) is 3.16. The molecule has 1 aromatic carbocycles. The molecule has 1 amide bonds. The van der Waals surface area contributed by atoms with Gasteiger partial charge in [0.25, 0.3) is 5.91 Å². The van der Waals surface area contributed by atoms with Crippen LogP contribution in [0.3, 0.4) is 0 Å². The molecule has 0 aliphatic carbocycles. The Morgan fingerprint density at radius 3 is 2.67 bits per heavy atom. The number of amides is 1. The normalized spacial score (nSPS) is 10.8. The number of rotatable bonds is 5. The summed E-state index contributed by atoms with van der Waals surface area (Å²) in [4.78, 5) is 16.2. The Morgan fingerprint density at radius 1 is 1.25 bits per heavy atom. The van der Waals surface area contributed by atoms with Crippen LogP contribution in [-0.4, -0.2) is 30.5 Å². The van der Waals surface area contributed by atoms with Crippen molar-refractivity contribution in [1.29, 1.82) is 0 Å². The van der Waals surface area contributed by atoms with Crippen LogP contribution in [0.15, 0.2) is 36.8 Å². The minimum Gasteiger partial charge on any atom is -0.288 e. The molecule has 0 spiro atoms. The molecule has 0 aliphatic heterocycles. The van der Waals surface area contributed by atoms with Crippen molar-refractivity contribution >= 4 is 23.5 Å². The summed E-state index contributed by atoms with van der Waals surface area (Å²) in [6.07, 6.45) is 3.06. The molecule has 24 heavy (non-hydrogen) atoms. The van der Waals surface area contributed by atoms with Gasteiger partial charge in [0, 0.05) is 12.7 Å². The molecular weight excluding hydrogens is 335 g/mol. The number of benzene rings is 1. The fraction of sp³-hybridized carbons (Fsp3) is 0.200. The molecule has 0 unspecified atom stereocenters. The Balaban J connectivity index is 1.68. The summed E-state index contributed by atoms with van der Waals surface area (Å²) in [5.41, 5.74) is 0.984. The first-order valence-electron chi connectivity index (χ1n) is 7.23. The van der Waals surface area contributed by atoms with Gasteiger partial charge in [-0.15, -0.1) is 5.10 Å². The largest absolute Gasteiger partial charge is 0.288 e. The van der Waals surface area contributed by atoms with E-state index in [1.165, 1.54) is 23.1 Å². The molecule has 2 heterocycles. The van der Waals surface area contributed by atoms with Gasteiger partial charge >= 0.3 is 0 Å². The van der Waals surface area contributed by atoms with Gasteiger partial charge in [-0.3, -0.25) is 14.8 Å². The highest BCUT2D eigenvalue weighted by Gasteiger charge is 2.17. The van der Waals surface area contributed by atoms with Crippen molar-refractivity contribution in [2.75, 3.05) is 5.32 Å². The zero-order valence-corrected chi connectivity index (χ0v) is 13.5.